The number of fused-ring (bicyclic) bond motifs is 1. The highest BCUT2D eigenvalue weighted by Gasteiger charge is 2.20. The molecule has 156 valence electrons. The summed E-state index contributed by atoms with van der Waals surface area (Å²) in [5, 5.41) is 9.48. The number of thiophene rings is 1. The third-order valence-corrected chi connectivity index (χ3v) is 7.20. The summed E-state index contributed by atoms with van der Waals surface area (Å²) >= 11 is 3.00. The fourth-order valence-corrected chi connectivity index (χ4v) is 5.20. The molecule has 0 radical (unpaired) electrons. The van der Waals surface area contributed by atoms with Gasteiger partial charge in [0.1, 0.15) is 4.83 Å². The Morgan fingerprint density at radius 3 is 2.70 bits per heavy atom. The molecule has 0 bridgehead atoms. The van der Waals surface area contributed by atoms with Crippen molar-refractivity contribution >= 4 is 33.3 Å². The molecule has 0 aliphatic carbocycles. The van der Waals surface area contributed by atoms with Gasteiger partial charge in [-0.15, -0.1) is 21.5 Å². The molecule has 0 saturated heterocycles. The zero-order valence-corrected chi connectivity index (χ0v) is 19.1. The Morgan fingerprint density at radius 2 is 1.97 bits per heavy atom. The van der Waals surface area contributed by atoms with Gasteiger partial charge in [-0.05, 0) is 43.9 Å². The van der Waals surface area contributed by atoms with E-state index >= 15 is 0 Å². The average molecular weight is 441 g/mol. The van der Waals surface area contributed by atoms with Crippen molar-refractivity contribution in [2.45, 2.75) is 50.9 Å². The Kier molecular flexibility index (Phi) is 6.06. The first kappa shape index (κ1) is 20.8. The molecular formula is C22H24N4O2S2. The molecule has 2 atom stereocenters. The van der Waals surface area contributed by atoms with Crippen LogP contribution in [0, 0.1) is 12.8 Å². The predicted molar refractivity (Wildman–Crippen MR) is 122 cm³/mol. The lowest BCUT2D eigenvalue weighted by Crippen LogP contribution is -2.11. The third-order valence-electron chi connectivity index (χ3n) is 5.19. The van der Waals surface area contributed by atoms with Gasteiger partial charge < -0.3 is 9.40 Å². The molecule has 4 aromatic rings. The van der Waals surface area contributed by atoms with Crippen molar-refractivity contribution in [2.24, 2.45) is 5.92 Å². The van der Waals surface area contributed by atoms with Gasteiger partial charge in [0.05, 0.1) is 10.6 Å². The summed E-state index contributed by atoms with van der Waals surface area (Å²) in [7, 11) is 0. The number of aromatic amines is 1. The summed E-state index contributed by atoms with van der Waals surface area (Å²) in [6, 6.07) is 9.66. The van der Waals surface area contributed by atoms with E-state index in [9.17, 15) is 4.79 Å². The first-order valence-corrected chi connectivity index (χ1v) is 11.7. The van der Waals surface area contributed by atoms with E-state index in [0.717, 1.165) is 34.2 Å². The van der Waals surface area contributed by atoms with Gasteiger partial charge in [-0.3, -0.25) is 4.79 Å². The maximum atomic E-state index is 12.9. The highest BCUT2D eigenvalue weighted by atomic mass is 32.2. The van der Waals surface area contributed by atoms with Crippen LogP contribution in [0.25, 0.3) is 21.7 Å². The number of hydrogen-bond donors (Lipinski definition) is 1. The fourth-order valence-electron chi connectivity index (χ4n) is 3.26. The number of benzene rings is 1. The summed E-state index contributed by atoms with van der Waals surface area (Å²) in [6.45, 7) is 8.42. The summed E-state index contributed by atoms with van der Waals surface area (Å²) in [6.07, 6.45) is 1.99. The molecule has 6 nitrogen and oxygen atoms in total. The van der Waals surface area contributed by atoms with Gasteiger partial charge in [-0.2, -0.15) is 0 Å². The average Bonchev–Trinajstić information content (AvgIpc) is 3.34. The SMILES string of the molecule is CC[C@@H](C)Cc1c(C)sc2nc(S[C@H](C)c3nnc(-c4ccccc4)o3)[nH]c(=O)c12. The highest BCUT2D eigenvalue weighted by molar-refractivity contribution is 7.99. The largest absolute Gasteiger partial charge is 0.419 e. The van der Waals surface area contributed by atoms with E-state index in [4.69, 9.17) is 9.40 Å². The molecule has 3 aromatic heterocycles. The number of nitrogens with zero attached hydrogens (tertiary/aromatic N) is 3. The van der Waals surface area contributed by atoms with Crippen molar-refractivity contribution in [3.05, 3.63) is 57.0 Å². The van der Waals surface area contributed by atoms with E-state index in [2.05, 4.69) is 36.0 Å². The molecule has 8 heteroatoms. The second-order valence-electron chi connectivity index (χ2n) is 7.48. The van der Waals surface area contributed by atoms with E-state index in [1.807, 2.05) is 37.3 Å². The zero-order chi connectivity index (χ0) is 21.3. The van der Waals surface area contributed by atoms with Gasteiger partial charge >= 0.3 is 0 Å². The van der Waals surface area contributed by atoms with Gasteiger partial charge in [-0.1, -0.05) is 50.2 Å². The van der Waals surface area contributed by atoms with E-state index in [-0.39, 0.29) is 10.8 Å². The number of aryl methyl sites for hydroxylation is 1. The van der Waals surface area contributed by atoms with Gasteiger partial charge in [0.2, 0.25) is 11.8 Å². The van der Waals surface area contributed by atoms with E-state index < -0.39 is 0 Å². The Balaban J connectivity index is 1.58. The molecule has 0 fully saturated rings. The first-order valence-electron chi connectivity index (χ1n) is 10.0. The van der Waals surface area contributed by atoms with Crippen LogP contribution in [-0.4, -0.2) is 20.2 Å². The molecular weight excluding hydrogens is 416 g/mol. The van der Waals surface area contributed by atoms with Crippen LogP contribution in [0.3, 0.4) is 0 Å². The van der Waals surface area contributed by atoms with Gasteiger partial charge in [0, 0.05) is 10.4 Å². The summed E-state index contributed by atoms with van der Waals surface area (Å²) in [5.41, 5.74) is 1.93. The van der Waals surface area contributed by atoms with Crippen molar-refractivity contribution in [1.82, 2.24) is 20.2 Å². The Labute approximate surface area is 183 Å². The van der Waals surface area contributed by atoms with Gasteiger partial charge in [-0.25, -0.2) is 4.98 Å². The van der Waals surface area contributed by atoms with Crippen LogP contribution >= 0.6 is 23.1 Å². The van der Waals surface area contributed by atoms with Crippen LogP contribution in [0.5, 0.6) is 0 Å². The summed E-state index contributed by atoms with van der Waals surface area (Å²) in [5.74, 6) is 1.52. The molecule has 0 aliphatic rings. The molecule has 0 unspecified atom stereocenters. The minimum Gasteiger partial charge on any atom is -0.419 e. The molecule has 1 aromatic carbocycles. The predicted octanol–water partition coefficient (Wildman–Crippen LogP) is 5.78. The zero-order valence-electron chi connectivity index (χ0n) is 17.4. The monoisotopic (exact) mass is 440 g/mol. The molecule has 0 aliphatic heterocycles. The molecule has 0 saturated carbocycles. The van der Waals surface area contributed by atoms with Crippen molar-refractivity contribution in [3.63, 3.8) is 0 Å². The van der Waals surface area contributed by atoms with Crippen molar-refractivity contribution < 1.29 is 4.42 Å². The maximum Gasteiger partial charge on any atom is 0.260 e. The van der Waals surface area contributed by atoms with Crippen LogP contribution in [0.15, 0.2) is 44.7 Å². The first-order chi connectivity index (χ1) is 14.5. The minimum atomic E-state index is -0.142. The second kappa shape index (κ2) is 8.73. The Bertz CT molecular complexity index is 1210. The number of nitrogens with one attached hydrogen (secondary N) is 1. The number of aromatic nitrogens is 4. The summed E-state index contributed by atoms with van der Waals surface area (Å²) in [4.78, 5) is 22.5. The van der Waals surface area contributed by atoms with Crippen molar-refractivity contribution in [2.75, 3.05) is 0 Å². The van der Waals surface area contributed by atoms with Crippen LogP contribution in [0.4, 0.5) is 0 Å². The van der Waals surface area contributed by atoms with E-state index in [1.54, 1.807) is 11.3 Å². The molecule has 0 amide bonds. The molecule has 4 rings (SSSR count). The topological polar surface area (TPSA) is 84.7 Å². The van der Waals surface area contributed by atoms with Crippen LogP contribution < -0.4 is 5.56 Å². The molecule has 3 heterocycles. The van der Waals surface area contributed by atoms with Crippen LogP contribution in [0.2, 0.25) is 0 Å². The molecule has 1 N–H and O–H groups in total. The maximum absolute atomic E-state index is 12.9. The van der Waals surface area contributed by atoms with E-state index in [0.29, 0.717) is 22.9 Å². The normalized spacial score (nSPS) is 13.6. The lowest BCUT2D eigenvalue weighted by atomic mass is 9.98. The summed E-state index contributed by atoms with van der Waals surface area (Å²) < 4.78 is 5.84. The van der Waals surface area contributed by atoms with Gasteiger partial charge in [0.25, 0.3) is 5.56 Å². The molecule has 0 spiro atoms. The van der Waals surface area contributed by atoms with Crippen LogP contribution in [-0.2, 0) is 6.42 Å². The third kappa shape index (κ3) is 4.20. The highest BCUT2D eigenvalue weighted by Crippen LogP contribution is 2.35. The van der Waals surface area contributed by atoms with Gasteiger partial charge in [0.15, 0.2) is 5.16 Å². The van der Waals surface area contributed by atoms with Crippen LogP contribution in [0.1, 0.15) is 48.8 Å². The smallest absolute Gasteiger partial charge is 0.260 e. The number of rotatable bonds is 7. The number of thioether (sulfide) groups is 1. The van der Waals surface area contributed by atoms with E-state index in [1.165, 1.54) is 16.6 Å². The minimum absolute atomic E-state index is 0.0761. The second-order valence-corrected chi connectivity index (χ2v) is 10.0. The fraction of sp³-hybridized carbons (Fsp3) is 0.364. The lowest BCUT2D eigenvalue weighted by Gasteiger charge is -2.08. The lowest BCUT2D eigenvalue weighted by molar-refractivity contribution is 0.509. The standard InChI is InChI=1S/C22H24N4O2S2/c1-5-12(2)11-16-13(3)29-21-17(16)18(27)23-22(24-21)30-14(4)19-25-26-20(28-19)15-9-7-6-8-10-15/h6-10,12,14H,5,11H2,1-4H3,(H,23,24,27)/t12-,14-/m1/s1. The Hall–Kier alpha value is -2.45. The van der Waals surface area contributed by atoms with Crippen molar-refractivity contribution in [3.8, 4) is 11.5 Å². The number of hydrogen-bond acceptors (Lipinski definition) is 7. The van der Waals surface area contributed by atoms with Crippen molar-refractivity contribution in [1.29, 1.82) is 0 Å². The molecule has 30 heavy (non-hydrogen) atoms. The number of H-pyrrole nitrogens is 1. The quantitative estimate of drug-likeness (QED) is 0.289. The Morgan fingerprint density at radius 1 is 1.20 bits per heavy atom.